The van der Waals surface area contributed by atoms with Gasteiger partial charge >= 0.3 is 0 Å². The van der Waals surface area contributed by atoms with Gasteiger partial charge in [-0.15, -0.1) is 0 Å². The highest BCUT2D eigenvalue weighted by molar-refractivity contribution is 14.1. The van der Waals surface area contributed by atoms with Crippen molar-refractivity contribution in [2.75, 3.05) is 0 Å². The Morgan fingerprint density at radius 2 is 1.33 bits per heavy atom. The Kier molecular flexibility index (Phi) is 30.1. The van der Waals surface area contributed by atoms with Crippen molar-refractivity contribution in [3.05, 3.63) is 184 Å². The van der Waals surface area contributed by atoms with E-state index in [1.54, 1.807) is 49.8 Å². The molecule has 6 heterocycles. The summed E-state index contributed by atoms with van der Waals surface area (Å²) in [6.45, 7) is 9.81. The summed E-state index contributed by atoms with van der Waals surface area (Å²) < 4.78 is 3.16. The zero-order valence-electron chi connectivity index (χ0n) is 32.0. The zero-order chi connectivity index (χ0) is 41.7. The maximum atomic E-state index is 11.2. The number of halogens is 6. The third kappa shape index (κ3) is 26.7. The minimum atomic E-state index is -0.361. The molecular formula is C42H43Cl4I2N7O2. The number of pyridine rings is 5. The molecule has 0 N–H and O–H groups in total. The molecule has 0 aliphatic carbocycles. The second-order valence-corrected chi connectivity index (χ2v) is 13.7. The van der Waals surface area contributed by atoms with Crippen molar-refractivity contribution >= 4 is 80.0 Å². The highest BCUT2D eigenvalue weighted by atomic mass is 127. The van der Waals surface area contributed by atoms with Crippen molar-refractivity contribution in [2.45, 2.75) is 52.1 Å². The van der Waals surface area contributed by atoms with E-state index in [9.17, 15) is 9.59 Å². The summed E-state index contributed by atoms with van der Waals surface area (Å²) in [6.07, 6.45) is 18.5. The third-order valence-electron chi connectivity index (χ3n) is 6.53. The average molecular weight is 1070 g/mol. The number of allylic oxidation sites excluding steroid dienone is 4. The highest BCUT2D eigenvalue weighted by Gasteiger charge is 2.09. The molecule has 5 aromatic heterocycles. The Morgan fingerprint density at radius 3 is 1.75 bits per heavy atom. The van der Waals surface area contributed by atoms with Gasteiger partial charge in [0.1, 0.15) is 15.5 Å². The number of rotatable bonds is 6. The predicted molar refractivity (Wildman–Crippen MR) is 235 cm³/mol. The first kappa shape index (κ1) is 53.2. The van der Waals surface area contributed by atoms with Crippen LogP contribution in [0.15, 0.2) is 140 Å². The fraction of sp³-hybridized carbons (Fsp3) is 0.190. The summed E-state index contributed by atoms with van der Waals surface area (Å²) in [6, 6.07) is 25.0. The summed E-state index contributed by atoms with van der Waals surface area (Å²) in [4.78, 5) is 38.4. The molecule has 9 nitrogen and oxygen atoms in total. The van der Waals surface area contributed by atoms with Gasteiger partial charge in [0.2, 0.25) is 5.24 Å². The Labute approximate surface area is 386 Å². The largest absolute Gasteiger partial charge is 1.00 e. The summed E-state index contributed by atoms with van der Waals surface area (Å²) in [7, 11) is 0. The minimum Gasteiger partial charge on any atom is -1.00 e. The fourth-order valence-electron chi connectivity index (χ4n) is 4.04. The van der Waals surface area contributed by atoms with Gasteiger partial charge in [0.15, 0.2) is 24.2 Å². The molecule has 0 bridgehead atoms. The predicted octanol–water partition coefficient (Wildman–Crippen LogP) is 7.84. The lowest BCUT2D eigenvalue weighted by Crippen LogP contribution is -3.00. The van der Waals surface area contributed by atoms with Crippen molar-refractivity contribution in [1.29, 1.82) is 5.26 Å². The molecule has 1 aliphatic rings. The van der Waals surface area contributed by atoms with Crippen molar-refractivity contribution < 1.29 is 38.1 Å². The quantitative estimate of drug-likeness (QED) is 0.0422. The molecule has 0 aromatic carbocycles. The SMILES string of the molecule is CC#N.CC(=O)/C=C1\C=CC=CN1Cc1ccc(Cl)nc1.CC(=O)Cl.Cc1cccc[n+]1Cc1ccc(Cl)nc1.Cc1ccccn1.Clc1ccc(CI)cn1.[I-]. The van der Waals surface area contributed by atoms with Crippen LogP contribution in [-0.2, 0) is 27.1 Å². The van der Waals surface area contributed by atoms with Crippen LogP contribution in [0, 0.1) is 25.2 Å². The first-order chi connectivity index (χ1) is 26.8. The monoisotopic (exact) mass is 1070 g/mol. The summed E-state index contributed by atoms with van der Waals surface area (Å²) in [5, 5.41) is 8.53. The van der Waals surface area contributed by atoms with Crippen LogP contribution in [0.5, 0.6) is 0 Å². The number of ketones is 1. The van der Waals surface area contributed by atoms with Crippen LogP contribution in [0.3, 0.4) is 0 Å². The molecule has 15 heteroatoms. The maximum absolute atomic E-state index is 11.2. The molecule has 0 unspecified atom stereocenters. The first-order valence-electron chi connectivity index (χ1n) is 16.8. The Bertz CT molecular complexity index is 2020. The van der Waals surface area contributed by atoms with Crippen molar-refractivity contribution in [3.63, 3.8) is 0 Å². The van der Waals surface area contributed by atoms with Crippen molar-refractivity contribution in [2.24, 2.45) is 0 Å². The van der Waals surface area contributed by atoms with Crippen LogP contribution in [0.4, 0.5) is 0 Å². The number of hydrogen-bond acceptors (Lipinski definition) is 8. The van der Waals surface area contributed by atoms with Gasteiger partial charge in [-0.25, -0.2) is 15.0 Å². The second-order valence-electron chi connectivity index (χ2n) is 11.2. The topological polar surface area (TPSA) is 117 Å². The van der Waals surface area contributed by atoms with E-state index < -0.39 is 0 Å². The van der Waals surface area contributed by atoms with Crippen LogP contribution in [0.2, 0.25) is 15.5 Å². The van der Waals surface area contributed by atoms with Gasteiger partial charge in [-0.2, -0.15) is 9.83 Å². The number of carbonyl (C=O) groups excluding carboxylic acids is 2. The van der Waals surface area contributed by atoms with Gasteiger partial charge in [-0.1, -0.05) is 87.7 Å². The van der Waals surface area contributed by atoms with E-state index >= 15 is 0 Å². The molecule has 0 radical (unpaired) electrons. The summed E-state index contributed by atoms with van der Waals surface area (Å²) in [5.41, 5.74) is 6.57. The molecule has 0 fully saturated rings. The van der Waals surface area contributed by atoms with Crippen LogP contribution in [0.25, 0.3) is 0 Å². The van der Waals surface area contributed by atoms with Crippen LogP contribution >= 0.6 is 69.0 Å². The second kappa shape index (κ2) is 32.2. The molecule has 57 heavy (non-hydrogen) atoms. The molecule has 5 aromatic rings. The molecule has 0 atom stereocenters. The van der Waals surface area contributed by atoms with E-state index in [0.29, 0.717) is 22.0 Å². The van der Waals surface area contributed by atoms with E-state index in [2.05, 4.69) is 77.9 Å². The zero-order valence-corrected chi connectivity index (χ0v) is 39.4. The highest BCUT2D eigenvalue weighted by Crippen LogP contribution is 2.17. The normalized spacial score (nSPS) is 11.0. The number of aryl methyl sites for hydroxylation is 2. The van der Waals surface area contributed by atoms with E-state index in [1.165, 1.54) is 25.1 Å². The number of alkyl halides is 1. The maximum Gasteiger partial charge on any atom is 0.218 e. The Hall–Kier alpha value is -3.78. The van der Waals surface area contributed by atoms with Gasteiger partial charge in [-0.3, -0.25) is 14.6 Å². The Balaban J connectivity index is 0.000000722. The van der Waals surface area contributed by atoms with Crippen molar-refractivity contribution in [3.8, 4) is 6.07 Å². The van der Waals surface area contributed by atoms with Gasteiger partial charge in [0, 0.05) is 97.9 Å². The smallest absolute Gasteiger partial charge is 0.218 e. The molecule has 1 aliphatic heterocycles. The lowest BCUT2D eigenvalue weighted by molar-refractivity contribution is -0.694. The molecule has 0 amide bonds. The summed E-state index contributed by atoms with van der Waals surface area (Å²) in [5.74, 6) is 0.0316. The van der Waals surface area contributed by atoms with Crippen LogP contribution in [-0.4, -0.2) is 35.9 Å². The van der Waals surface area contributed by atoms with Crippen LogP contribution in [0.1, 0.15) is 48.8 Å². The van der Waals surface area contributed by atoms with E-state index in [1.807, 2.05) is 97.0 Å². The summed E-state index contributed by atoms with van der Waals surface area (Å²) >= 11 is 23.9. The molecule has 0 spiro atoms. The fourth-order valence-corrected chi connectivity index (χ4v) is 4.83. The van der Waals surface area contributed by atoms with Gasteiger partial charge < -0.3 is 28.9 Å². The lowest BCUT2D eigenvalue weighted by atomic mass is 10.2. The number of nitriles is 1. The molecular weight excluding hydrogens is 1030 g/mol. The molecule has 0 saturated carbocycles. The molecule has 300 valence electrons. The number of aromatic nitrogens is 5. The van der Waals surface area contributed by atoms with E-state index in [4.69, 9.17) is 40.1 Å². The molecule has 6 rings (SSSR count). The van der Waals surface area contributed by atoms with Gasteiger partial charge in [0.25, 0.3) is 0 Å². The lowest BCUT2D eigenvalue weighted by Gasteiger charge is -2.23. The average Bonchev–Trinajstić information content (AvgIpc) is 3.17. The van der Waals surface area contributed by atoms with Gasteiger partial charge in [0.05, 0.1) is 6.07 Å². The van der Waals surface area contributed by atoms with E-state index in [-0.39, 0.29) is 35.0 Å². The minimum absolute atomic E-state index is 0. The number of carbonyl (C=O) groups is 2. The number of hydrogen-bond donors (Lipinski definition) is 0. The van der Waals surface area contributed by atoms with Crippen LogP contribution < -0.4 is 28.5 Å². The third-order valence-corrected chi connectivity index (χ3v) is 8.08. The van der Waals surface area contributed by atoms with Crippen molar-refractivity contribution in [1.82, 2.24) is 24.8 Å². The van der Waals surface area contributed by atoms with Gasteiger partial charge in [-0.05, 0) is 85.1 Å². The first-order valence-corrected chi connectivity index (χ1v) is 19.8. The number of nitrogens with zero attached hydrogens (tertiary/aromatic N) is 7. The van der Waals surface area contributed by atoms with E-state index in [0.717, 1.165) is 33.5 Å². The molecule has 0 saturated heterocycles. The standard InChI is InChI=1S/C14H13ClN2O.C12H12ClN2.C6H5ClIN.C6H7N.C2H3ClO.C2H3N.HI/c1-11(18)8-13-4-2-3-7-17(13)10-12-5-6-14(15)16-9-12;1-10-4-2-3-7-15(10)9-11-5-6-12(13)14-8-11;7-6-2-1-5(3-8)4-9-6;1-6-4-2-3-5-7-6;1-2(3)4;1-2-3;/h2-9H,10H2,1H3;2-8H,9H2,1H3;1-2,4H,3H2;2-5H,1H3;1H3;1H3;1H/q;+1;;;;;/p-1/b13-8+;;;;;;. The Morgan fingerprint density at radius 1 is 0.807 bits per heavy atom.